The van der Waals surface area contributed by atoms with Gasteiger partial charge < -0.3 is 14.6 Å². The highest BCUT2D eigenvalue weighted by Crippen LogP contribution is 2.22. The van der Waals surface area contributed by atoms with Crippen molar-refractivity contribution in [2.75, 3.05) is 42.7 Å². The summed E-state index contributed by atoms with van der Waals surface area (Å²) in [4.78, 5) is 19.0. The molecule has 0 aromatic carbocycles. The van der Waals surface area contributed by atoms with Crippen LogP contribution >= 0.6 is 0 Å². The van der Waals surface area contributed by atoms with E-state index in [2.05, 4.69) is 15.2 Å². The molecule has 1 aliphatic heterocycles. The predicted molar refractivity (Wildman–Crippen MR) is 113 cm³/mol. The number of fused-ring (bicyclic) bond motifs is 1. The average molecular weight is 414 g/mol. The van der Waals surface area contributed by atoms with Crippen LogP contribution in [0.2, 0.25) is 0 Å². The maximum absolute atomic E-state index is 12.7. The third kappa shape index (κ3) is 4.10. The minimum Gasteiger partial charge on any atom is -0.355 e. The van der Waals surface area contributed by atoms with Crippen molar-refractivity contribution in [3.8, 4) is 0 Å². The molecule has 0 aliphatic carbocycles. The molecule has 3 aromatic rings. The number of aromatic nitrogens is 2. The van der Waals surface area contributed by atoms with Crippen molar-refractivity contribution in [3.63, 3.8) is 0 Å². The Bertz CT molecular complexity index is 1150. The van der Waals surface area contributed by atoms with Crippen molar-refractivity contribution < 1.29 is 13.2 Å². The highest BCUT2D eigenvalue weighted by atomic mass is 32.2. The summed E-state index contributed by atoms with van der Waals surface area (Å²) in [6.07, 6.45) is 4.75. The first-order chi connectivity index (χ1) is 13.8. The Kier molecular flexibility index (Phi) is 5.01. The molecule has 152 valence electrons. The van der Waals surface area contributed by atoms with Gasteiger partial charge in [0.2, 0.25) is 10.0 Å². The molecule has 0 spiro atoms. The van der Waals surface area contributed by atoms with Crippen LogP contribution in [0.25, 0.3) is 5.52 Å². The number of amides is 1. The zero-order valence-electron chi connectivity index (χ0n) is 16.4. The normalized spacial score (nSPS) is 15.6. The smallest absolute Gasteiger partial charge is 0.258 e. The molecular weight excluding hydrogens is 390 g/mol. The summed E-state index contributed by atoms with van der Waals surface area (Å²) in [6.45, 7) is 4.04. The molecule has 0 saturated carbocycles. The van der Waals surface area contributed by atoms with Crippen molar-refractivity contribution in [1.82, 2.24) is 13.7 Å². The molecule has 1 N–H and O–H groups in total. The van der Waals surface area contributed by atoms with Gasteiger partial charge in [-0.3, -0.25) is 4.79 Å². The Morgan fingerprint density at radius 3 is 2.41 bits per heavy atom. The molecule has 0 radical (unpaired) electrons. The lowest BCUT2D eigenvalue weighted by atomic mass is 10.2. The first kappa shape index (κ1) is 19.4. The van der Waals surface area contributed by atoms with Crippen LogP contribution in [0, 0.1) is 6.92 Å². The second kappa shape index (κ2) is 7.49. The molecular formula is C20H23N5O3S. The second-order valence-electron chi connectivity index (χ2n) is 7.23. The van der Waals surface area contributed by atoms with Gasteiger partial charge in [-0.1, -0.05) is 6.07 Å². The van der Waals surface area contributed by atoms with Gasteiger partial charge in [0.25, 0.3) is 5.91 Å². The van der Waals surface area contributed by atoms with Crippen LogP contribution in [0.15, 0.2) is 48.8 Å². The Labute approximate surface area is 169 Å². The summed E-state index contributed by atoms with van der Waals surface area (Å²) >= 11 is 0. The molecule has 29 heavy (non-hydrogen) atoms. The molecule has 1 aliphatic rings. The lowest BCUT2D eigenvalue weighted by Gasteiger charge is -2.34. The summed E-state index contributed by atoms with van der Waals surface area (Å²) < 4.78 is 26.9. The van der Waals surface area contributed by atoms with Gasteiger partial charge in [0.15, 0.2) is 0 Å². The fourth-order valence-corrected chi connectivity index (χ4v) is 4.28. The number of anilines is 2. The Hall–Kier alpha value is -2.91. The van der Waals surface area contributed by atoms with Gasteiger partial charge in [-0.25, -0.2) is 13.4 Å². The molecule has 0 bridgehead atoms. The average Bonchev–Trinajstić information content (AvgIpc) is 3.12. The summed E-state index contributed by atoms with van der Waals surface area (Å²) in [5, 5.41) is 2.81. The number of sulfonamides is 1. The highest BCUT2D eigenvalue weighted by Gasteiger charge is 2.24. The van der Waals surface area contributed by atoms with Gasteiger partial charge in [-0.15, -0.1) is 0 Å². The van der Waals surface area contributed by atoms with Crippen molar-refractivity contribution >= 4 is 33.1 Å². The van der Waals surface area contributed by atoms with E-state index in [1.807, 2.05) is 35.6 Å². The van der Waals surface area contributed by atoms with E-state index in [4.69, 9.17) is 0 Å². The van der Waals surface area contributed by atoms with E-state index in [0.717, 1.165) is 16.9 Å². The van der Waals surface area contributed by atoms with E-state index in [0.29, 0.717) is 37.6 Å². The Morgan fingerprint density at radius 2 is 1.76 bits per heavy atom. The Morgan fingerprint density at radius 1 is 1.03 bits per heavy atom. The molecule has 4 rings (SSSR count). The zero-order chi connectivity index (χ0) is 20.6. The number of carbonyl (C=O) groups is 1. The van der Waals surface area contributed by atoms with E-state index in [9.17, 15) is 13.2 Å². The van der Waals surface area contributed by atoms with E-state index in [1.165, 1.54) is 10.6 Å². The number of aryl methyl sites for hydroxylation is 1. The molecule has 0 atom stereocenters. The van der Waals surface area contributed by atoms with Crippen LogP contribution in [-0.4, -0.2) is 60.4 Å². The maximum atomic E-state index is 12.7. The molecule has 3 aromatic heterocycles. The molecule has 1 saturated heterocycles. The van der Waals surface area contributed by atoms with Crippen LogP contribution in [0.5, 0.6) is 0 Å². The monoisotopic (exact) mass is 413 g/mol. The summed E-state index contributed by atoms with van der Waals surface area (Å²) in [6, 6.07) is 11.3. The van der Waals surface area contributed by atoms with Crippen LogP contribution in [-0.2, 0) is 10.0 Å². The van der Waals surface area contributed by atoms with Crippen LogP contribution in [0.4, 0.5) is 11.6 Å². The van der Waals surface area contributed by atoms with E-state index in [1.54, 1.807) is 24.5 Å². The molecule has 0 unspecified atom stereocenters. The number of hydrogen-bond donors (Lipinski definition) is 1. The first-order valence-corrected chi connectivity index (χ1v) is 11.2. The minimum atomic E-state index is -3.17. The number of nitrogens with zero attached hydrogens (tertiary/aromatic N) is 4. The fourth-order valence-electron chi connectivity index (χ4n) is 3.46. The SMILES string of the molecule is Cc1ccc(NC(=O)c2ccc3ccc(N4CCN(S(C)(=O)=O)CC4)n3c2)nc1. The van der Waals surface area contributed by atoms with E-state index >= 15 is 0 Å². The lowest BCUT2D eigenvalue weighted by Crippen LogP contribution is -2.48. The van der Waals surface area contributed by atoms with E-state index < -0.39 is 10.0 Å². The largest absolute Gasteiger partial charge is 0.355 e. The number of piperazine rings is 1. The highest BCUT2D eigenvalue weighted by molar-refractivity contribution is 7.88. The number of nitrogens with one attached hydrogen (secondary N) is 1. The second-order valence-corrected chi connectivity index (χ2v) is 9.21. The predicted octanol–water partition coefficient (Wildman–Crippen LogP) is 1.98. The number of hydrogen-bond acceptors (Lipinski definition) is 5. The molecule has 1 fully saturated rings. The molecule has 4 heterocycles. The number of rotatable bonds is 4. The third-order valence-electron chi connectivity index (χ3n) is 5.08. The summed E-state index contributed by atoms with van der Waals surface area (Å²) in [5.41, 5.74) is 2.51. The zero-order valence-corrected chi connectivity index (χ0v) is 17.2. The van der Waals surface area contributed by atoms with Crippen molar-refractivity contribution in [3.05, 3.63) is 59.9 Å². The van der Waals surface area contributed by atoms with Gasteiger partial charge in [0.1, 0.15) is 11.6 Å². The lowest BCUT2D eigenvalue weighted by molar-refractivity contribution is 0.102. The summed E-state index contributed by atoms with van der Waals surface area (Å²) in [7, 11) is -3.17. The minimum absolute atomic E-state index is 0.232. The van der Waals surface area contributed by atoms with Gasteiger partial charge in [0, 0.05) is 44.1 Å². The number of pyridine rings is 2. The quantitative estimate of drug-likeness (QED) is 0.707. The Balaban J connectivity index is 1.55. The van der Waals surface area contributed by atoms with Crippen LogP contribution in [0.3, 0.4) is 0 Å². The number of carbonyl (C=O) groups excluding carboxylic acids is 1. The topological polar surface area (TPSA) is 87.0 Å². The van der Waals surface area contributed by atoms with Crippen molar-refractivity contribution in [1.29, 1.82) is 0 Å². The standard InChI is InChI=1S/C20H23N5O3S/c1-15-3-7-18(21-13-15)22-20(26)16-4-5-17-6-8-19(25(17)14-16)23-9-11-24(12-10-23)29(2,27)28/h3-8,13-14H,9-12H2,1-2H3,(H,21,22,26). The van der Waals surface area contributed by atoms with E-state index in [-0.39, 0.29) is 5.91 Å². The first-order valence-electron chi connectivity index (χ1n) is 9.36. The van der Waals surface area contributed by atoms with Gasteiger partial charge in [-0.05, 0) is 42.8 Å². The molecule has 9 heteroatoms. The van der Waals surface area contributed by atoms with Crippen molar-refractivity contribution in [2.24, 2.45) is 0 Å². The van der Waals surface area contributed by atoms with Gasteiger partial charge in [0.05, 0.1) is 11.8 Å². The van der Waals surface area contributed by atoms with Crippen molar-refractivity contribution in [2.45, 2.75) is 6.92 Å². The maximum Gasteiger partial charge on any atom is 0.258 e. The van der Waals surface area contributed by atoms with Gasteiger partial charge >= 0.3 is 0 Å². The third-order valence-corrected chi connectivity index (χ3v) is 6.38. The molecule has 8 nitrogen and oxygen atoms in total. The van der Waals surface area contributed by atoms with Crippen LogP contribution in [0.1, 0.15) is 15.9 Å². The van der Waals surface area contributed by atoms with Crippen LogP contribution < -0.4 is 10.2 Å². The van der Waals surface area contributed by atoms with Gasteiger partial charge in [-0.2, -0.15) is 4.31 Å². The molecule has 1 amide bonds. The summed E-state index contributed by atoms with van der Waals surface area (Å²) in [5.74, 6) is 1.21. The fraction of sp³-hybridized carbons (Fsp3) is 0.300.